The van der Waals surface area contributed by atoms with Crippen molar-refractivity contribution in [1.29, 1.82) is 0 Å². The molecule has 6 heteroatoms. The molecule has 114 valence electrons. The first-order valence-corrected chi connectivity index (χ1v) is 7.43. The van der Waals surface area contributed by atoms with Crippen molar-refractivity contribution in [3.05, 3.63) is 34.4 Å². The Hall–Kier alpha value is -1.23. The lowest BCUT2D eigenvalue weighted by molar-refractivity contribution is 0.147. The predicted octanol–water partition coefficient (Wildman–Crippen LogP) is 4.46. The summed E-state index contributed by atoms with van der Waals surface area (Å²) < 4.78 is 12.6. The molecule has 0 radical (unpaired) electrons. The van der Waals surface area contributed by atoms with Crippen LogP contribution < -0.4 is 4.74 Å². The van der Waals surface area contributed by atoms with E-state index in [9.17, 15) is 0 Å². The van der Waals surface area contributed by atoms with E-state index >= 15 is 0 Å². The Kier molecular flexibility index (Phi) is 5.51. The van der Waals surface area contributed by atoms with Gasteiger partial charge in [0.25, 0.3) is 6.01 Å². The van der Waals surface area contributed by atoms with Crippen molar-refractivity contribution < 1.29 is 9.47 Å². The quantitative estimate of drug-likeness (QED) is 0.785. The number of benzene rings is 1. The molecule has 0 aliphatic carbocycles. The minimum Gasteiger partial charge on any atom is -0.468 e. The molecule has 0 bridgehead atoms. The Labute approximate surface area is 134 Å². The first-order chi connectivity index (χ1) is 10.1. The van der Waals surface area contributed by atoms with Crippen molar-refractivity contribution in [1.82, 2.24) is 9.55 Å². The average Bonchev–Trinajstić information content (AvgIpc) is 2.88. The highest BCUT2D eigenvalue weighted by Gasteiger charge is 2.18. The zero-order valence-electron chi connectivity index (χ0n) is 12.3. The third kappa shape index (κ3) is 3.51. The molecule has 1 atom stereocenters. The van der Waals surface area contributed by atoms with E-state index in [1.165, 1.54) is 0 Å². The van der Waals surface area contributed by atoms with E-state index in [1.54, 1.807) is 26.4 Å². The molecule has 0 N–H and O–H groups in total. The van der Waals surface area contributed by atoms with Gasteiger partial charge in [0.15, 0.2) is 0 Å². The van der Waals surface area contributed by atoms with Crippen LogP contribution in [0, 0.1) is 0 Å². The average molecular weight is 329 g/mol. The molecule has 0 aliphatic rings. The number of aromatic nitrogens is 2. The van der Waals surface area contributed by atoms with E-state index in [2.05, 4.69) is 11.9 Å². The molecule has 2 rings (SSSR count). The molecule has 0 amide bonds. The molecular weight excluding hydrogens is 311 g/mol. The second-order valence-corrected chi connectivity index (χ2v) is 5.51. The molecular formula is C15H18Cl2N2O2. The van der Waals surface area contributed by atoms with E-state index in [0.29, 0.717) is 22.7 Å². The molecule has 1 aromatic heterocycles. The van der Waals surface area contributed by atoms with Crippen molar-refractivity contribution in [2.45, 2.75) is 19.4 Å². The summed E-state index contributed by atoms with van der Waals surface area (Å²) in [5, 5.41) is 1.16. The van der Waals surface area contributed by atoms with Gasteiger partial charge in [-0.05, 0) is 24.6 Å². The fourth-order valence-corrected chi connectivity index (χ4v) is 2.71. The van der Waals surface area contributed by atoms with E-state index in [0.717, 1.165) is 17.7 Å². The molecule has 0 spiro atoms. The number of ether oxygens (including phenoxy) is 2. The van der Waals surface area contributed by atoms with Gasteiger partial charge in [0.05, 0.1) is 30.5 Å². The topological polar surface area (TPSA) is 36.3 Å². The highest BCUT2D eigenvalue weighted by Crippen LogP contribution is 2.32. The summed E-state index contributed by atoms with van der Waals surface area (Å²) in [5.74, 6) is 0. The Bertz CT molecular complexity index is 614. The number of imidazole rings is 1. The van der Waals surface area contributed by atoms with Crippen LogP contribution in [0.5, 0.6) is 6.01 Å². The predicted molar refractivity (Wildman–Crippen MR) is 85.4 cm³/mol. The number of halogens is 2. The van der Waals surface area contributed by atoms with Crippen LogP contribution in [0.3, 0.4) is 0 Å². The Morgan fingerprint density at radius 1 is 1.29 bits per heavy atom. The molecule has 1 unspecified atom stereocenters. The van der Waals surface area contributed by atoms with Crippen LogP contribution in [-0.2, 0) is 4.74 Å². The number of hydrogen-bond acceptors (Lipinski definition) is 3. The van der Waals surface area contributed by atoms with Crippen molar-refractivity contribution in [2.24, 2.45) is 0 Å². The fourth-order valence-electron chi connectivity index (χ4n) is 2.20. The van der Waals surface area contributed by atoms with Crippen molar-refractivity contribution >= 4 is 23.2 Å². The van der Waals surface area contributed by atoms with Gasteiger partial charge >= 0.3 is 0 Å². The summed E-state index contributed by atoms with van der Waals surface area (Å²) in [4.78, 5) is 4.50. The number of rotatable bonds is 6. The largest absolute Gasteiger partial charge is 0.468 e. The number of hydrogen-bond donors (Lipinski definition) is 0. The minimum atomic E-state index is 0.164. The maximum absolute atomic E-state index is 6.24. The van der Waals surface area contributed by atoms with Crippen molar-refractivity contribution in [3.63, 3.8) is 0 Å². The summed E-state index contributed by atoms with van der Waals surface area (Å²) >= 11 is 12.2. The molecule has 1 aromatic carbocycles. The van der Waals surface area contributed by atoms with Crippen molar-refractivity contribution in [3.8, 4) is 17.3 Å². The highest BCUT2D eigenvalue weighted by molar-refractivity contribution is 6.36. The number of methoxy groups -OCH3 is 2. The van der Waals surface area contributed by atoms with Gasteiger partial charge in [-0.15, -0.1) is 0 Å². The summed E-state index contributed by atoms with van der Waals surface area (Å²) in [6.45, 7) is 2.69. The Morgan fingerprint density at radius 3 is 2.62 bits per heavy atom. The number of nitrogens with zero attached hydrogens (tertiary/aromatic N) is 2. The molecule has 21 heavy (non-hydrogen) atoms. The maximum Gasteiger partial charge on any atom is 0.296 e. The second kappa shape index (κ2) is 7.16. The first-order valence-electron chi connectivity index (χ1n) is 6.67. The summed E-state index contributed by atoms with van der Waals surface area (Å²) in [6, 6.07) is 6.06. The summed E-state index contributed by atoms with van der Waals surface area (Å²) in [7, 11) is 3.29. The third-order valence-electron chi connectivity index (χ3n) is 3.31. The van der Waals surface area contributed by atoms with E-state index in [1.807, 2.05) is 16.8 Å². The van der Waals surface area contributed by atoms with Gasteiger partial charge in [0.1, 0.15) is 0 Å². The van der Waals surface area contributed by atoms with Gasteiger partial charge in [0, 0.05) is 23.9 Å². The van der Waals surface area contributed by atoms with Crippen LogP contribution in [0.15, 0.2) is 24.4 Å². The van der Waals surface area contributed by atoms with E-state index < -0.39 is 0 Å². The summed E-state index contributed by atoms with van der Waals surface area (Å²) in [6.07, 6.45) is 2.84. The molecule has 0 saturated carbocycles. The van der Waals surface area contributed by atoms with Gasteiger partial charge in [-0.25, -0.2) is 0 Å². The van der Waals surface area contributed by atoms with Gasteiger partial charge < -0.3 is 9.47 Å². The van der Waals surface area contributed by atoms with E-state index in [-0.39, 0.29) is 6.04 Å². The zero-order valence-corrected chi connectivity index (χ0v) is 13.8. The fraction of sp³-hybridized carbons (Fsp3) is 0.400. The van der Waals surface area contributed by atoms with Crippen LogP contribution >= 0.6 is 23.2 Å². The second-order valence-electron chi connectivity index (χ2n) is 4.66. The van der Waals surface area contributed by atoms with Gasteiger partial charge in [-0.2, -0.15) is 4.98 Å². The molecule has 2 aromatic rings. The summed E-state index contributed by atoms with van der Waals surface area (Å²) in [5.41, 5.74) is 1.58. The Balaban J connectivity index is 2.44. The molecule has 0 saturated heterocycles. The minimum absolute atomic E-state index is 0.164. The van der Waals surface area contributed by atoms with Gasteiger partial charge in [0.2, 0.25) is 0 Å². The van der Waals surface area contributed by atoms with Crippen molar-refractivity contribution in [2.75, 3.05) is 20.8 Å². The standard InChI is InChI=1S/C15H18Cl2N2O2/c1-4-11(9-20-2)19-8-14(18-15(19)21-3)12-6-5-10(16)7-13(12)17/h5-8,11H,4,9H2,1-3H3. The zero-order chi connectivity index (χ0) is 15.4. The first kappa shape index (κ1) is 16.1. The third-order valence-corrected chi connectivity index (χ3v) is 3.86. The lowest BCUT2D eigenvalue weighted by atomic mass is 10.1. The van der Waals surface area contributed by atoms with Crippen LogP contribution in [0.1, 0.15) is 19.4 Å². The Morgan fingerprint density at radius 2 is 2.05 bits per heavy atom. The van der Waals surface area contributed by atoms with Crippen LogP contribution in [0.4, 0.5) is 0 Å². The van der Waals surface area contributed by atoms with E-state index in [4.69, 9.17) is 32.7 Å². The van der Waals surface area contributed by atoms with Gasteiger partial charge in [-0.1, -0.05) is 30.1 Å². The molecule has 0 aliphatic heterocycles. The van der Waals surface area contributed by atoms with Crippen LogP contribution in [-0.4, -0.2) is 30.4 Å². The monoisotopic (exact) mass is 328 g/mol. The SMILES string of the molecule is CCC(COC)n1cc(-c2ccc(Cl)cc2Cl)nc1OC. The lowest BCUT2D eigenvalue weighted by Gasteiger charge is -2.17. The van der Waals surface area contributed by atoms with Crippen LogP contribution in [0.25, 0.3) is 11.3 Å². The smallest absolute Gasteiger partial charge is 0.296 e. The van der Waals surface area contributed by atoms with Crippen LogP contribution in [0.2, 0.25) is 10.0 Å². The maximum atomic E-state index is 6.24. The molecule has 0 fully saturated rings. The molecule has 4 nitrogen and oxygen atoms in total. The van der Waals surface area contributed by atoms with Gasteiger partial charge in [-0.3, -0.25) is 4.57 Å². The molecule has 1 heterocycles. The normalized spacial score (nSPS) is 12.4. The lowest BCUT2D eigenvalue weighted by Crippen LogP contribution is -2.14. The highest BCUT2D eigenvalue weighted by atomic mass is 35.5.